The van der Waals surface area contributed by atoms with E-state index in [0.29, 0.717) is 22.2 Å². The van der Waals surface area contributed by atoms with Gasteiger partial charge in [-0.2, -0.15) is 8.42 Å². The number of para-hydroxylation sites is 1. The lowest BCUT2D eigenvalue weighted by Gasteiger charge is -2.18. The molecule has 1 aliphatic heterocycles. The number of benzene rings is 2. The van der Waals surface area contributed by atoms with Crippen LogP contribution < -0.4 is 24.2 Å². The smallest absolute Gasteiger partial charge is 0.284 e. The number of ether oxygens (including phenoxy) is 3. The summed E-state index contributed by atoms with van der Waals surface area (Å²) in [6.07, 6.45) is 0. The first kappa shape index (κ1) is 23.6. The van der Waals surface area contributed by atoms with Gasteiger partial charge in [-0.3, -0.25) is 9.59 Å². The molecule has 0 saturated carbocycles. The van der Waals surface area contributed by atoms with Gasteiger partial charge in [-0.1, -0.05) is 18.2 Å². The molecule has 1 aromatic heterocycles. The van der Waals surface area contributed by atoms with Gasteiger partial charge in [0.05, 0.1) is 32.1 Å². The van der Waals surface area contributed by atoms with Gasteiger partial charge in [0.15, 0.2) is 4.21 Å². The molecule has 2 N–H and O–H groups in total. The molecule has 0 fully saturated rings. The van der Waals surface area contributed by atoms with Crippen molar-refractivity contribution >= 4 is 38.9 Å². The number of methoxy groups -OCH3 is 2. The number of nitrogens with two attached hydrogens (primary N) is 1. The van der Waals surface area contributed by atoms with E-state index >= 15 is 0 Å². The summed E-state index contributed by atoms with van der Waals surface area (Å²) in [7, 11) is -1.72. The number of carbonyl (C=O) groups is 2. The van der Waals surface area contributed by atoms with Crippen LogP contribution in [0.5, 0.6) is 17.2 Å². The van der Waals surface area contributed by atoms with Gasteiger partial charge in [-0.15, -0.1) is 11.3 Å². The molecule has 0 bridgehead atoms. The van der Waals surface area contributed by atoms with Crippen molar-refractivity contribution in [2.24, 2.45) is 5.73 Å². The fourth-order valence-corrected chi connectivity index (χ4v) is 6.63. The highest BCUT2D eigenvalue weighted by Crippen LogP contribution is 2.50. The molecule has 4 rings (SSSR count). The molecular formula is C23H21N2O7S2. The SMILES string of the molecule is CCOc1ccccc1[C]1C(=O)N(S(=O)(=O)c2sccc2OC)c2ccc(OC)c(C(N)=O)c21. The summed E-state index contributed by atoms with van der Waals surface area (Å²) in [6, 6.07) is 11.0. The predicted molar refractivity (Wildman–Crippen MR) is 126 cm³/mol. The highest BCUT2D eigenvalue weighted by atomic mass is 32.2. The molecule has 177 valence electrons. The molecule has 0 aliphatic carbocycles. The van der Waals surface area contributed by atoms with Crippen LogP contribution >= 0.6 is 11.3 Å². The van der Waals surface area contributed by atoms with E-state index in [1.54, 1.807) is 36.6 Å². The standard InChI is InChI=1S/C23H21N2O7S2/c1-4-32-15-8-6-5-7-13(15)18-19-14(9-10-16(30-2)20(19)21(24)26)25(22(18)27)34(28,29)23-17(31-3)11-12-33-23/h5-12H,4H2,1-3H3,(H2,24,26). The molecule has 11 heteroatoms. The van der Waals surface area contributed by atoms with Gasteiger partial charge in [0.1, 0.15) is 23.2 Å². The molecule has 1 radical (unpaired) electrons. The average Bonchev–Trinajstić information content (AvgIpc) is 3.41. The number of nitrogens with zero attached hydrogens (tertiary/aromatic N) is 1. The van der Waals surface area contributed by atoms with Crippen molar-refractivity contribution in [3.63, 3.8) is 0 Å². The molecule has 1 aliphatic rings. The van der Waals surface area contributed by atoms with E-state index in [1.807, 2.05) is 0 Å². The fraction of sp³-hybridized carbons (Fsp3) is 0.174. The second kappa shape index (κ2) is 8.99. The number of primary amides is 1. The number of thiophene rings is 1. The minimum absolute atomic E-state index is 0.0173. The number of fused-ring (bicyclic) bond motifs is 1. The average molecular weight is 502 g/mol. The number of carbonyl (C=O) groups excluding carboxylic acids is 2. The van der Waals surface area contributed by atoms with Crippen molar-refractivity contribution < 1.29 is 32.2 Å². The van der Waals surface area contributed by atoms with E-state index in [-0.39, 0.29) is 38.4 Å². The minimum atomic E-state index is -4.41. The third-order valence-electron chi connectivity index (χ3n) is 5.23. The van der Waals surface area contributed by atoms with Crippen molar-refractivity contribution in [3.8, 4) is 17.2 Å². The third kappa shape index (κ3) is 3.57. The Hall–Kier alpha value is -3.57. The zero-order valence-electron chi connectivity index (χ0n) is 18.5. The minimum Gasteiger partial charge on any atom is -0.496 e. The summed E-state index contributed by atoms with van der Waals surface area (Å²) >= 11 is 0.914. The van der Waals surface area contributed by atoms with Crippen LogP contribution in [-0.2, 0) is 14.8 Å². The summed E-state index contributed by atoms with van der Waals surface area (Å²) in [6.45, 7) is 2.09. The van der Waals surface area contributed by atoms with Crippen molar-refractivity contribution in [2.75, 3.05) is 25.1 Å². The second-order valence-electron chi connectivity index (χ2n) is 7.06. The molecular weight excluding hydrogens is 480 g/mol. The lowest BCUT2D eigenvalue weighted by atomic mass is 9.88. The van der Waals surface area contributed by atoms with E-state index in [0.717, 1.165) is 11.3 Å². The van der Waals surface area contributed by atoms with Crippen molar-refractivity contribution in [3.05, 3.63) is 70.5 Å². The number of amides is 2. The van der Waals surface area contributed by atoms with Crippen LogP contribution in [0.25, 0.3) is 0 Å². The van der Waals surface area contributed by atoms with Gasteiger partial charge in [-0.25, -0.2) is 4.31 Å². The topological polar surface area (TPSA) is 125 Å². The maximum atomic E-state index is 13.9. The van der Waals surface area contributed by atoms with Crippen LogP contribution in [0.4, 0.5) is 5.69 Å². The van der Waals surface area contributed by atoms with Crippen molar-refractivity contribution in [2.45, 2.75) is 11.1 Å². The number of sulfonamides is 1. The molecule has 3 aromatic rings. The van der Waals surface area contributed by atoms with Crippen molar-refractivity contribution in [1.29, 1.82) is 0 Å². The Morgan fingerprint density at radius 3 is 2.38 bits per heavy atom. The predicted octanol–water partition coefficient (Wildman–Crippen LogP) is 2.97. The van der Waals surface area contributed by atoms with Crippen LogP contribution in [0, 0.1) is 5.92 Å². The Labute approximate surface area is 200 Å². The number of hydrogen-bond acceptors (Lipinski definition) is 8. The first-order valence-electron chi connectivity index (χ1n) is 10.1. The fourth-order valence-electron chi connectivity index (χ4n) is 3.88. The summed E-state index contributed by atoms with van der Waals surface area (Å²) in [4.78, 5) is 26.4. The zero-order valence-corrected chi connectivity index (χ0v) is 20.2. The summed E-state index contributed by atoms with van der Waals surface area (Å²) in [5, 5.41) is 1.55. The summed E-state index contributed by atoms with van der Waals surface area (Å²) < 4.78 is 44.1. The zero-order chi connectivity index (χ0) is 24.6. The number of rotatable bonds is 8. The van der Waals surface area contributed by atoms with Gasteiger partial charge in [-0.05, 0) is 36.6 Å². The van der Waals surface area contributed by atoms with Crippen LogP contribution in [0.3, 0.4) is 0 Å². The van der Waals surface area contributed by atoms with E-state index in [4.69, 9.17) is 19.9 Å². The van der Waals surface area contributed by atoms with Gasteiger partial charge in [0, 0.05) is 11.1 Å². The van der Waals surface area contributed by atoms with E-state index in [1.165, 1.54) is 32.4 Å². The van der Waals surface area contributed by atoms with Gasteiger partial charge in [0.2, 0.25) is 0 Å². The Morgan fingerprint density at radius 1 is 1.03 bits per heavy atom. The van der Waals surface area contributed by atoms with Gasteiger partial charge < -0.3 is 19.9 Å². The monoisotopic (exact) mass is 501 g/mol. The summed E-state index contributed by atoms with van der Waals surface area (Å²) in [5.74, 6) is -1.20. The van der Waals surface area contributed by atoms with E-state index < -0.39 is 21.8 Å². The van der Waals surface area contributed by atoms with Crippen LogP contribution in [0.2, 0.25) is 0 Å². The Kier molecular flexibility index (Phi) is 6.24. The summed E-state index contributed by atoms with van der Waals surface area (Å²) in [5.41, 5.74) is 5.94. The molecule has 0 atom stereocenters. The Morgan fingerprint density at radius 2 is 1.74 bits per heavy atom. The van der Waals surface area contributed by atoms with Crippen LogP contribution in [-0.4, -0.2) is 41.1 Å². The van der Waals surface area contributed by atoms with E-state index in [9.17, 15) is 18.0 Å². The number of hydrogen-bond donors (Lipinski definition) is 1. The number of anilines is 1. The normalized spacial score (nSPS) is 13.6. The highest BCUT2D eigenvalue weighted by Gasteiger charge is 2.50. The largest absolute Gasteiger partial charge is 0.496 e. The van der Waals surface area contributed by atoms with Crippen LogP contribution in [0.15, 0.2) is 52.1 Å². The van der Waals surface area contributed by atoms with Gasteiger partial charge in [0.25, 0.3) is 21.8 Å². The third-order valence-corrected chi connectivity index (χ3v) is 8.35. The van der Waals surface area contributed by atoms with E-state index in [2.05, 4.69) is 0 Å². The maximum Gasteiger partial charge on any atom is 0.284 e. The van der Waals surface area contributed by atoms with Crippen LogP contribution in [0.1, 0.15) is 28.4 Å². The lowest BCUT2D eigenvalue weighted by Crippen LogP contribution is -2.35. The molecule has 34 heavy (non-hydrogen) atoms. The molecule has 9 nitrogen and oxygen atoms in total. The first-order valence-corrected chi connectivity index (χ1v) is 12.4. The van der Waals surface area contributed by atoms with Gasteiger partial charge >= 0.3 is 0 Å². The molecule has 2 amide bonds. The Balaban J connectivity index is 2.04. The quantitative estimate of drug-likeness (QED) is 0.503. The van der Waals surface area contributed by atoms with Crippen molar-refractivity contribution in [1.82, 2.24) is 0 Å². The molecule has 2 heterocycles. The maximum absolute atomic E-state index is 13.9. The Bertz CT molecular complexity index is 1380. The molecule has 0 unspecified atom stereocenters. The molecule has 2 aromatic carbocycles. The lowest BCUT2D eigenvalue weighted by molar-refractivity contribution is -0.114. The second-order valence-corrected chi connectivity index (χ2v) is 9.95. The molecule has 0 saturated heterocycles. The highest BCUT2D eigenvalue weighted by molar-refractivity contribution is 7.95. The molecule has 0 spiro atoms. The first-order chi connectivity index (χ1) is 16.3.